The average molecular weight is 262 g/mol. The molecule has 0 fully saturated rings. The van der Waals surface area contributed by atoms with Gasteiger partial charge >= 0.3 is 0 Å². The van der Waals surface area contributed by atoms with E-state index in [9.17, 15) is 0 Å². The molecule has 0 spiro atoms. The smallest absolute Gasteiger partial charge is 0.196 e. The normalized spacial score (nSPS) is 9.79. The molecule has 0 unspecified atom stereocenters. The van der Waals surface area contributed by atoms with E-state index in [0.717, 1.165) is 17.7 Å². The van der Waals surface area contributed by atoms with Gasteiger partial charge in [-0.3, -0.25) is 5.01 Å². The first-order valence-electron chi connectivity index (χ1n) is 6.26. The van der Waals surface area contributed by atoms with Gasteiger partial charge < -0.3 is 9.47 Å². The zero-order valence-corrected chi connectivity index (χ0v) is 11.7. The molecule has 0 aliphatic heterocycles. The molecule has 1 rings (SSSR count). The summed E-state index contributed by atoms with van der Waals surface area (Å²) in [5.74, 6) is 1.44. The van der Waals surface area contributed by atoms with Gasteiger partial charge in [0, 0.05) is 26.1 Å². The van der Waals surface area contributed by atoms with Crippen molar-refractivity contribution in [2.45, 2.75) is 6.42 Å². The first-order valence-corrected chi connectivity index (χ1v) is 6.26. The minimum atomic E-state index is 0.571. The van der Waals surface area contributed by atoms with Crippen LogP contribution in [0.25, 0.3) is 6.08 Å². The highest BCUT2D eigenvalue weighted by Gasteiger charge is 2.01. The van der Waals surface area contributed by atoms with Gasteiger partial charge in [-0.25, -0.2) is 5.43 Å². The summed E-state index contributed by atoms with van der Waals surface area (Å²) in [5.41, 5.74) is 3.92. The number of ether oxygens (including phenoxy) is 2. The molecule has 0 aromatic heterocycles. The van der Waals surface area contributed by atoms with Crippen LogP contribution in [0, 0.1) is 0 Å². The van der Waals surface area contributed by atoms with Crippen LogP contribution in [0.3, 0.4) is 0 Å². The van der Waals surface area contributed by atoms with Crippen LogP contribution in [0.2, 0.25) is 0 Å². The minimum absolute atomic E-state index is 0.571. The number of hydrogen-bond acceptors (Lipinski definition) is 4. The predicted octanol–water partition coefficient (Wildman–Crippen LogP) is 2.65. The Labute approximate surface area is 115 Å². The zero-order chi connectivity index (χ0) is 14.1. The largest absolute Gasteiger partial charge is 0.493 e. The summed E-state index contributed by atoms with van der Waals surface area (Å²) >= 11 is 0. The van der Waals surface area contributed by atoms with Crippen LogP contribution in [0.15, 0.2) is 43.3 Å². The van der Waals surface area contributed by atoms with Crippen LogP contribution >= 0.6 is 0 Å². The van der Waals surface area contributed by atoms with Gasteiger partial charge in [0.05, 0.1) is 13.2 Å². The van der Waals surface area contributed by atoms with Crippen LogP contribution < -0.4 is 10.2 Å². The molecule has 0 saturated heterocycles. The molecule has 0 aliphatic rings. The van der Waals surface area contributed by atoms with E-state index in [2.05, 4.69) is 18.6 Å². The molecule has 4 heteroatoms. The Balaban J connectivity index is 2.24. The highest BCUT2D eigenvalue weighted by atomic mass is 16.5. The Kier molecular flexibility index (Phi) is 6.53. The first-order chi connectivity index (χ1) is 9.19. The third-order valence-corrected chi connectivity index (χ3v) is 2.66. The standard InChI is InChI=1S/C15H22N2O2/c1-5-14-9-6-7-10-15(14)19-12-8-11-18-13(2)17(4)16-3/h5-7,9-10,16H,1-2,8,11-12H2,3-4H3. The second kappa shape index (κ2) is 8.21. The zero-order valence-electron chi connectivity index (χ0n) is 11.7. The van der Waals surface area contributed by atoms with Crippen LogP contribution in [0.1, 0.15) is 12.0 Å². The third kappa shape index (κ3) is 5.06. The second-order valence-electron chi connectivity index (χ2n) is 3.97. The lowest BCUT2D eigenvalue weighted by Crippen LogP contribution is -2.30. The Morgan fingerprint density at radius 2 is 2.11 bits per heavy atom. The summed E-state index contributed by atoms with van der Waals surface area (Å²) < 4.78 is 11.1. The Bertz CT molecular complexity index is 418. The van der Waals surface area contributed by atoms with Gasteiger partial charge in [-0.2, -0.15) is 0 Å². The molecule has 1 aromatic rings. The number of para-hydroxylation sites is 1. The molecule has 104 valence electrons. The SMILES string of the molecule is C=Cc1ccccc1OCCCOC(=C)N(C)NC. The highest BCUT2D eigenvalue weighted by Crippen LogP contribution is 2.18. The summed E-state index contributed by atoms with van der Waals surface area (Å²) in [6.45, 7) is 8.72. The van der Waals surface area contributed by atoms with Gasteiger partial charge in [0.1, 0.15) is 5.75 Å². The summed E-state index contributed by atoms with van der Waals surface area (Å²) in [4.78, 5) is 0. The van der Waals surface area contributed by atoms with Crippen molar-refractivity contribution in [1.82, 2.24) is 10.4 Å². The van der Waals surface area contributed by atoms with Crippen molar-refractivity contribution in [2.24, 2.45) is 0 Å². The topological polar surface area (TPSA) is 33.7 Å². The number of nitrogens with one attached hydrogen (secondary N) is 1. The van der Waals surface area contributed by atoms with Crippen LogP contribution in [0.4, 0.5) is 0 Å². The molecule has 0 radical (unpaired) electrons. The Morgan fingerprint density at radius 1 is 1.37 bits per heavy atom. The van der Waals surface area contributed by atoms with E-state index in [-0.39, 0.29) is 0 Å². The first kappa shape index (κ1) is 15.1. The minimum Gasteiger partial charge on any atom is -0.493 e. The summed E-state index contributed by atoms with van der Waals surface area (Å²) in [5, 5.41) is 1.72. The number of rotatable bonds is 9. The van der Waals surface area contributed by atoms with Crippen LogP contribution in [0.5, 0.6) is 5.75 Å². The number of nitrogens with zero attached hydrogens (tertiary/aromatic N) is 1. The molecule has 0 heterocycles. The molecule has 19 heavy (non-hydrogen) atoms. The molecular weight excluding hydrogens is 240 g/mol. The fraction of sp³-hybridized carbons (Fsp3) is 0.333. The quantitative estimate of drug-likeness (QED) is 0.421. The number of hydrogen-bond donors (Lipinski definition) is 1. The van der Waals surface area contributed by atoms with E-state index in [4.69, 9.17) is 9.47 Å². The molecule has 0 aliphatic carbocycles. The Hall–Kier alpha value is -1.94. The van der Waals surface area contributed by atoms with Crippen LogP contribution in [-0.4, -0.2) is 32.3 Å². The lowest BCUT2D eigenvalue weighted by atomic mass is 10.2. The van der Waals surface area contributed by atoms with E-state index < -0.39 is 0 Å². The maximum Gasteiger partial charge on any atom is 0.196 e. The van der Waals surface area contributed by atoms with Gasteiger partial charge in [0.2, 0.25) is 0 Å². The molecule has 0 bridgehead atoms. The van der Waals surface area contributed by atoms with E-state index >= 15 is 0 Å². The summed E-state index contributed by atoms with van der Waals surface area (Å²) in [6, 6.07) is 7.82. The van der Waals surface area contributed by atoms with Gasteiger partial charge in [-0.15, -0.1) is 0 Å². The van der Waals surface area contributed by atoms with Gasteiger partial charge in [-0.05, 0) is 12.6 Å². The molecule has 1 N–H and O–H groups in total. The lowest BCUT2D eigenvalue weighted by Gasteiger charge is -2.20. The summed E-state index contributed by atoms with van der Waals surface area (Å²) in [6.07, 6.45) is 2.58. The summed E-state index contributed by atoms with van der Waals surface area (Å²) in [7, 11) is 3.66. The van der Waals surface area contributed by atoms with Crippen molar-refractivity contribution in [3.05, 3.63) is 48.9 Å². The predicted molar refractivity (Wildman–Crippen MR) is 78.6 cm³/mol. The van der Waals surface area contributed by atoms with E-state index in [1.54, 1.807) is 11.1 Å². The van der Waals surface area contributed by atoms with Gasteiger partial charge in [-0.1, -0.05) is 30.9 Å². The van der Waals surface area contributed by atoms with Crippen molar-refractivity contribution < 1.29 is 9.47 Å². The molecule has 4 nitrogen and oxygen atoms in total. The van der Waals surface area contributed by atoms with Gasteiger partial charge in [0.25, 0.3) is 0 Å². The molecule has 1 aromatic carbocycles. The van der Waals surface area contributed by atoms with Crippen molar-refractivity contribution in [3.8, 4) is 5.75 Å². The van der Waals surface area contributed by atoms with Crippen molar-refractivity contribution in [2.75, 3.05) is 27.3 Å². The van der Waals surface area contributed by atoms with Gasteiger partial charge in [0.15, 0.2) is 5.88 Å². The van der Waals surface area contributed by atoms with E-state index in [1.807, 2.05) is 38.4 Å². The average Bonchev–Trinajstić information content (AvgIpc) is 2.46. The monoisotopic (exact) mass is 262 g/mol. The lowest BCUT2D eigenvalue weighted by molar-refractivity contribution is 0.0973. The number of hydrazine groups is 1. The van der Waals surface area contributed by atoms with E-state index in [0.29, 0.717) is 19.1 Å². The third-order valence-electron chi connectivity index (χ3n) is 2.66. The van der Waals surface area contributed by atoms with Crippen molar-refractivity contribution in [3.63, 3.8) is 0 Å². The maximum atomic E-state index is 5.69. The molecule has 0 atom stereocenters. The number of benzene rings is 1. The maximum absolute atomic E-state index is 5.69. The second-order valence-corrected chi connectivity index (χ2v) is 3.97. The molecule has 0 saturated carbocycles. The van der Waals surface area contributed by atoms with Crippen molar-refractivity contribution in [1.29, 1.82) is 0 Å². The molecular formula is C15H22N2O2. The fourth-order valence-electron chi connectivity index (χ4n) is 1.43. The Morgan fingerprint density at radius 3 is 2.79 bits per heavy atom. The van der Waals surface area contributed by atoms with E-state index in [1.165, 1.54) is 0 Å². The van der Waals surface area contributed by atoms with Crippen LogP contribution in [-0.2, 0) is 4.74 Å². The molecule has 0 amide bonds. The highest BCUT2D eigenvalue weighted by molar-refractivity contribution is 5.55. The van der Waals surface area contributed by atoms with Crippen molar-refractivity contribution >= 4 is 6.08 Å². The fourth-order valence-corrected chi connectivity index (χ4v) is 1.43.